The van der Waals surface area contributed by atoms with E-state index in [9.17, 15) is 4.79 Å². The smallest absolute Gasteiger partial charge is 0.220 e. The zero-order chi connectivity index (χ0) is 8.69. The Hall–Kier alpha value is -1.30. The molecule has 60 valence electrons. The van der Waals surface area contributed by atoms with Gasteiger partial charge in [0.25, 0.3) is 0 Å². The van der Waals surface area contributed by atoms with Crippen LogP contribution in [0.5, 0.6) is 0 Å². The third kappa shape index (κ3) is 6.59. The summed E-state index contributed by atoms with van der Waals surface area (Å²) >= 11 is 0. The fourth-order valence-corrected chi connectivity index (χ4v) is 0.565. The molecule has 1 heterocycles. The lowest BCUT2D eigenvalue weighted by atomic mass is 10.4. The number of nitriles is 1. The van der Waals surface area contributed by atoms with Gasteiger partial charge in [-0.15, -0.1) is 0 Å². The Morgan fingerprint density at radius 2 is 2.36 bits per heavy atom. The van der Waals surface area contributed by atoms with Crippen molar-refractivity contribution in [3.63, 3.8) is 0 Å². The van der Waals surface area contributed by atoms with Gasteiger partial charge in [0.1, 0.15) is 0 Å². The van der Waals surface area contributed by atoms with Crippen molar-refractivity contribution in [3.8, 4) is 6.07 Å². The first-order valence-corrected chi connectivity index (χ1v) is 3.49. The van der Waals surface area contributed by atoms with Crippen molar-refractivity contribution < 1.29 is 4.79 Å². The van der Waals surface area contributed by atoms with Crippen LogP contribution in [0.25, 0.3) is 0 Å². The highest BCUT2D eigenvalue weighted by Gasteiger charge is 2.05. The molecule has 1 N–H and O–H groups in total. The van der Waals surface area contributed by atoms with E-state index in [0.717, 1.165) is 19.4 Å². The molecule has 0 spiro atoms. The van der Waals surface area contributed by atoms with E-state index in [0.29, 0.717) is 5.57 Å². The van der Waals surface area contributed by atoms with Crippen LogP contribution in [0.2, 0.25) is 0 Å². The summed E-state index contributed by atoms with van der Waals surface area (Å²) in [6.07, 6.45) is 1.76. The maximum atomic E-state index is 10.1. The van der Waals surface area contributed by atoms with E-state index in [2.05, 4.69) is 11.9 Å². The Morgan fingerprint density at radius 1 is 1.82 bits per heavy atom. The highest BCUT2D eigenvalue weighted by Crippen LogP contribution is 1.93. The van der Waals surface area contributed by atoms with E-state index in [1.807, 2.05) is 6.07 Å². The second-order valence-electron chi connectivity index (χ2n) is 2.35. The molecular weight excluding hydrogens is 140 g/mol. The first-order valence-electron chi connectivity index (χ1n) is 3.49. The summed E-state index contributed by atoms with van der Waals surface area (Å²) in [6.45, 7) is 5.87. The number of nitrogens with zero attached hydrogens (tertiary/aromatic N) is 1. The molecule has 11 heavy (non-hydrogen) atoms. The van der Waals surface area contributed by atoms with Gasteiger partial charge in [-0.25, -0.2) is 0 Å². The van der Waals surface area contributed by atoms with E-state index in [-0.39, 0.29) is 5.91 Å². The first-order chi connectivity index (χ1) is 5.16. The van der Waals surface area contributed by atoms with Crippen molar-refractivity contribution in [1.29, 1.82) is 5.26 Å². The third-order valence-electron chi connectivity index (χ3n) is 1.09. The number of rotatable bonds is 0. The minimum Gasteiger partial charge on any atom is -0.356 e. The lowest BCUT2D eigenvalue weighted by Crippen LogP contribution is -2.12. The Bertz CT molecular complexity index is 183. The Balaban J connectivity index is 0.000000187. The van der Waals surface area contributed by atoms with Crippen LogP contribution in [0.4, 0.5) is 0 Å². The van der Waals surface area contributed by atoms with Crippen LogP contribution >= 0.6 is 0 Å². The van der Waals surface area contributed by atoms with Crippen molar-refractivity contribution in [2.24, 2.45) is 0 Å². The lowest BCUT2D eigenvalue weighted by Gasteiger charge is -1.80. The summed E-state index contributed by atoms with van der Waals surface area (Å²) in [5.41, 5.74) is 0.560. The van der Waals surface area contributed by atoms with Crippen molar-refractivity contribution in [2.75, 3.05) is 6.54 Å². The predicted molar refractivity (Wildman–Crippen MR) is 42.7 cm³/mol. The molecule has 0 bridgehead atoms. The minimum absolute atomic E-state index is 0.204. The molecule has 0 aromatic carbocycles. The summed E-state index contributed by atoms with van der Waals surface area (Å²) in [4.78, 5) is 10.1. The summed E-state index contributed by atoms with van der Waals surface area (Å²) < 4.78 is 0. The number of hydrogen-bond acceptors (Lipinski definition) is 2. The van der Waals surface area contributed by atoms with Gasteiger partial charge >= 0.3 is 0 Å². The van der Waals surface area contributed by atoms with Gasteiger partial charge in [0.05, 0.1) is 6.07 Å². The summed E-state index contributed by atoms with van der Waals surface area (Å²) in [7, 11) is 0. The van der Waals surface area contributed by atoms with Gasteiger partial charge in [0.2, 0.25) is 5.91 Å². The van der Waals surface area contributed by atoms with Gasteiger partial charge in [0.15, 0.2) is 0 Å². The molecule has 0 radical (unpaired) electrons. The molecule has 1 aliphatic rings. The summed E-state index contributed by atoms with van der Waals surface area (Å²) in [5.74, 6) is 0.204. The predicted octanol–water partition coefficient (Wildman–Crippen LogP) is 0.982. The first kappa shape index (κ1) is 9.70. The number of amides is 1. The molecule has 0 atom stereocenters. The molecule has 1 amide bonds. The maximum Gasteiger partial charge on any atom is 0.220 e. The SMILES string of the molecule is C=C(C)C#N.O=C1CCCN1. The van der Waals surface area contributed by atoms with E-state index in [1.54, 1.807) is 6.92 Å². The van der Waals surface area contributed by atoms with E-state index in [4.69, 9.17) is 5.26 Å². The highest BCUT2D eigenvalue weighted by molar-refractivity contribution is 5.77. The van der Waals surface area contributed by atoms with E-state index < -0.39 is 0 Å². The zero-order valence-corrected chi connectivity index (χ0v) is 6.68. The Morgan fingerprint density at radius 3 is 2.45 bits per heavy atom. The van der Waals surface area contributed by atoms with Crippen LogP contribution in [0.1, 0.15) is 19.8 Å². The van der Waals surface area contributed by atoms with Crippen LogP contribution in [-0.2, 0) is 4.79 Å². The molecule has 0 aliphatic carbocycles. The van der Waals surface area contributed by atoms with Crippen molar-refractivity contribution >= 4 is 5.91 Å². The standard InChI is InChI=1S/C4H7NO.C4H5N/c6-4-2-1-3-5-4;1-4(2)3-5/h1-3H2,(H,5,6);1H2,2H3. The number of hydrogen-bond donors (Lipinski definition) is 1. The Kier molecular flexibility index (Phi) is 4.83. The van der Waals surface area contributed by atoms with Crippen molar-refractivity contribution in [1.82, 2.24) is 5.32 Å². The fraction of sp³-hybridized carbons (Fsp3) is 0.500. The zero-order valence-electron chi connectivity index (χ0n) is 6.68. The molecular formula is C8H12N2O. The molecule has 1 fully saturated rings. The highest BCUT2D eigenvalue weighted by atomic mass is 16.1. The molecule has 1 rings (SSSR count). The van der Waals surface area contributed by atoms with Gasteiger partial charge < -0.3 is 5.32 Å². The molecule has 0 saturated carbocycles. The largest absolute Gasteiger partial charge is 0.356 e. The monoisotopic (exact) mass is 152 g/mol. The molecule has 1 saturated heterocycles. The van der Waals surface area contributed by atoms with E-state index in [1.165, 1.54) is 0 Å². The molecule has 3 heteroatoms. The summed E-state index contributed by atoms with van der Waals surface area (Å²) in [5, 5.41) is 10.5. The van der Waals surface area contributed by atoms with Crippen LogP contribution < -0.4 is 5.32 Å². The molecule has 0 aromatic rings. The van der Waals surface area contributed by atoms with Crippen LogP contribution in [-0.4, -0.2) is 12.5 Å². The van der Waals surface area contributed by atoms with Gasteiger partial charge in [-0.05, 0) is 13.3 Å². The topological polar surface area (TPSA) is 52.9 Å². The van der Waals surface area contributed by atoms with Crippen molar-refractivity contribution in [2.45, 2.75) is 19.8 Å². The van der Waals surface area contributed by atoms with E-state index >= 15 is 0 Å². The normalized spacial score (nSPS) is 14.0. The molecule has 3 nitrogen and oxygen atoms in total. The van der Waals surface area contributed by atoms with Gasteiger partial charge in [-0.3, -0.25) is 4.79 Å². The third-order valence-corrected chi connectivity index (χ3v) is 1.09. The van der Waals surface area contributed by atoms with Crippen molar-refractivity contribution in [3.05, 3.63) is 12.2 Å². The van der Waals surface area contributed by atoms with Gasteiger partial charge in [-0.2, -0.15) is 5.26 Å². The van der Waals surface area contributed by atoms with Crippen LogP contribution in [0.3, 0.4) is 0 Å². The molecule has 0 aromatic heterocycles. The number of allylic oxidation sites excluding steroid dienone is 1. The number of nitrogens with one attached hydrogen (secondary N) is 1. The average molecular weight is 152 g/mol. The molecule has 1 aliphatic heterocycles. The lowest BCUT2D eigenvalue weighted by molar-refractivity contribution is -0.119. The number of carbonyl (C=O) groups is 1. The second kappa shape index (κ2) is 5.48. The molecule has 0 unspecified atom stereocenters. The van der Waals surface area contributed by atoms with Gasteiger partial charge in [-0.1, -0.05) is 6.58 Å². The fourth-order valence-electron chi connectivity index (χ4n) is 0.565. The number of carbonyl (C=O) groups excluding carboxylic acids is 1. The summed E-state index contributed by atoms with van der Waals surface area (Å²) in [6, 6.07) is 1.83. The van der Waals surface area contributed by atoms with Crippen LogP contribution in [0, 0.1) is 11.3 Å². The van der Waals surface area contributed by atoms with Crippen LogP contribution in [0.15, 0.2) is 12.2 Å². The maximum absolute atomic E-state index is 10.1. The second-order valence-corrected chi connectivity index (χ2v) is 2.35. The quantitative estimate of drug-likeness (QED) is 0.526. The average Bonchev–Trinajstić information content (AvgIpc) is 2.41. The Labute approximate surface area is 66.7 Å². The minimum atomic E-state index is 0.204. The van der Waals surface area contributed by atoms with Gasteiger partial charge in [0, 0.05) is 18.5 Å².